The first-order valence-corrected chi connectivity index (χ1v) is 9.47. The van der Waals surface area contributed by atoms with Gasteiger partial charge >= 0.3 is 0 Å². The zero-order valence-electron chi connectivity index (χ0n) is 14.3. The molecule has 0 atom stereocenters. The number of amides is 1. The van der Waals surface area contributed by atoms with Crippen molar-refractivity contribution in [2.24, 2.45) is 0 Å². The fourth-order valence-corrected chi connectivity index (χ4v) is 3.17. The van der Waals surface area contributed by atoms with Gasteiger partial charge in [-0.25, -0.2) is 0 Å². The summed E-state index contributed by atoms with van der Waals surface area (Å²) in [5, 5.41) is 15.4. The molecule has 23 heavy (non-hydrogen) atoms. The minimum absolute atomic E-state index is 0.210. The Morgan fingerprint density at radius 3 is 1.83 bits per heavy atom. The van der Waals surface area contributed by atoms with E-state index in [4.69, 9.17) is 0 Å². The van der Waals surface area contributed by atoms with Gasteiger partial charge in [0.25, 0.3) is 5.91 Å². The van der Waals surface area contributed by atoms with E-state index in [1.165, 1.54) is 57.8 Å². The first-order valence-electron chi connectivity index (χ1n) is 9.47. The minimum atomic E-state index is -0.210. The number of rotatable bonds is 4. The van der Waals surface area contributed by atoms with Crippen molar-refractivity contribution in [2.45, 2.75) is 95.6 Å². The quantitative estimate of drug-likeness (QED) is 0.610. The van der Waals surface area contributed by atoms with Crippen LogP contribution in [0.2, 0.25) is 0 Å². The summed E-state index contributed by atoms with van der Waals surface area (Å²) in [5.74, 6) is -0.210. The van der Waals surface area contributed by atoms with E-state index in [9.17, 15) is 10.1 Å². The van der Waals surface area contributed by atoms with E-state index in [0.717, 1.165) is 25.7 Å². The monoisotopic (exact) mass is 317 g/mol. The second-order valence-corrected chi connectivity index (χ2v) is 7.04. The van der Waals surface area contributed by atoms with Gasteiger partial charge < -0.3 is 10.6 Å². The number of hydrogen-bond acceptors (Lipinski definition) is 3. The smallest absolute Gasteiger partial charge is 0.263 e. The third-order valence-corrected chi connectivity index (χ3v) is 4.85. The summed E-state index contributed by atoms with van der Waals surface area (Å²) >= 11 is 0. The normalized spacial score (nSPS) is 22.3. The van der Waals surface area contributed by atoms with Gasteiger partial charge in [-0.15, -0.1) is 0 Å². The van der Waals surface area contributed by atoms with Crippen molar-refractivity contribution < 1.29 is 4.79 Å². The third-order valence-electron chi connectivity index (χ3n) is 4.85. The number of nitrogens with zero attached hydrogens (tertiary/aromatic N) is 1. The highest BCUT2D eigenvalue weighted by atomic mass is 16.1. The van der Waals surface area contributed by atoms with Crippen LogP contribution in [0.1, 0.15) is 83.5 Å². The van der Waals surface area contributed by atoms with Crippen molar-refractivity contribution in [3.05, 3.63) is 11.8 Å². The van der Waals surface area contributed by atoms with Crippen molar-refractivity contribution >= 4 is 5.91 Å². The Morgan fingerprint density at radius 2 is 1.35 bits per heavy atom. The van der Waals surface area contributed by atoms with E-state index in [1.807, 2.05) is 6.07 Å². The lowest BCUT2D eigenvalue weighted by Crippen LogP contribution is -2.36. The van der Waals surface area contributed by atoms with Crippen LogP contribution in [0.3, 0.4) is 0 Å². The molecule has 0 aromatic heterocycles. The summed E-state index contributed by atoms with van der Waals surface area (Å²) in [6.07, 6.45) is 17.6. The Hall–Kier alpha value is -1.50. The largest absolute Gasteiger partial charge is 0.387 e. The average Bonchev–Trinajstić information content (AvgIpc) is 3.35. The Labute approximate surface area is 140 Å². The SMILES string of the molecule is N#C/C(=C/NC1CC1)C(=O)NC1CCCCCCCCCCC1. The van der Waals surface area contributed by atoms with E-state index in [0.29, 0.717) is 6.04 Å². The Bertz CT molecular complexity index is 422. The number of nitriles is 1. The molecule has 2 saturated carbocycles. The van der Waals surface area contributed by atoms with Gasteiger partial charge in [-0.05, 0) is 25.7 Å². The zero-order chi connectivity index (χ0) is 16.3. The van der Waals surface area contributed by atoms with Crippen LogP contribution < -0.4 is 10.6 Å². The fraction of sp³-hybridized carbons (Fsp3) is 0.789. The molecule has 0 bridgehead atoms. The first-order chi connectivity index (χ1) is 11.3. The summed E-state index contributed by atoms with van der Waals surface area (Å²) in [5.41, 5.74) is 0.211. The second-order valence-electron chi connectivity index (χ2n) is 7.04. The average molecular weight is 317 g/mol. The molecule has 2 N–H and O–H groups in total. The number of nitrogens with one attached hydrogen (secondary N) is 2. The highest BCUT2D eigenvalue weighted by Gasteiger charge is 2.21. The number of carbonyl (C=O) groups is 1. The molecule has 0 aromatic carbocycles. The molecular formula is C19H31N3O. The van der Waals surface area contributed by atoms with Gasteiger partial charge in [0.1, 0.15) is 11.6 Å². The highest BCUT2D eigenvalue weighted by Crippen LogP contribution is 2.19. The molecule has 0 aromatic rings. The van der Waals surface area contributed by atoms with Crippen LogP contribution in [0, 0.1) is 11.3 Å². The second kappa shape index (κ2) is 10.3. The molecule has 0 aliphatic heterocycles. The molecule has 4 heteroatoms. The summed E-state index contributed by atoms with van der Waals surface area (Å²) in [6.45, 7) is 0. The Kier molecular flexibility index (Phi) is 8.00. The van der Waals surface area contributed by atoms with Crippen molar-refractivity contribution in [1.29, 1.82) is 5.26 Å². The lowest BCUT2D eigenvalue weighted by Gasteiger charge is -2.19. The summed E-state index contributed by atoms with van der Waals surface area (Å²) in [4.78, 5) is 12.3. The van der Waals surface area contributed by atoms with Crippen LogP contribution in [0.25, 0.3) is 0 Å². The van der Waals surface area contributed by atoms with Crippen LogP contribution >= 0.6 is 0 Å². The molecule has 2 rings (SSSR count). The Morgan fingerprint density at radius 1 is 0.826 bits per heavy atom. The lowest BCUT2D eigenvalue weighted by atomic mass is 9.98. The van der Waals surface area contributed by atoms with Gasteiger partial charge in [0.05, 0.1) is 0 Å². The molecule has 128 valence electrons. The molecule has 0 spiro atoms. The van der Waals surface area contributed by atoms with Gasteiger partial charge in [0.15, 0.2) is 0 Å². The molecule has 2 aliphatic rings. The maximum absolute atomic E-state index is 12.3. The molecule has 1 amide bonds. The molecule has 0 heterocycles. The number of hydrogen-bond donors (Lipinski definition) is 2. The maximum atomic E-state index is 12.3. The van der Waals surface area contributed by atoms with Gasteiger partial charge in [-0.1, -0.05) is 57.8 Å². The predicted octanol–water partition coefficient (Wildman–Crippen LogP) is 3.94. The van der Waals surface area contributed by atoms with Crippen LogP contribution in [0.5, 0.6) is 0 Å². The topological polar surface area (TPSA) is 64.9 Å². The molecule has 0 saturated heterocycles. The molecule has 0 radical (unpaired) electrons. The van der Waals surface area contributed by atoms with Crippen LogP contribution in [-0.4, -0.2) is 18.0 Å². The molecule has 4 nitrogen and oxygen atoms in total. The highest BCUT2D eigenvalue weighted by molar-refractivity contribution is 5.97. The van der Waals surface area contributed by atoms with Crippen molar-refractivity contribution in [1.82, 2.24) is 10.6 Å². The van der Waals surface area contributed by atoms with E-state index in [-0.39, 0.29) is 17.5 Å². The fourth-order valence-electron chi connectivity index (χ4n) is 3.17. The van der Waals surface area contributed by atoms with Crippen LogP contribution in [0.15, 0.2) is 11.8 Å². The van der Waals surface area contributed by atoms with Crippen molar-refractivity contribution in [3.8, 4) is 6.07 Å². The molecule has 2 fully saturated rings. The first kappa shape index (κ1) is 17.8. The standard InChI is InChI=1S/C19H31N3O/c20-14-16(15-21-17-12-13-17)19(23)22-18-10-8-6-4-2-1-3-5-7-9-11-18/h15,17-18,21H,1-13H2,(H,22,23)/b16-15-. The summed E-state index contributed by atoms with van der Waals surface area (Å²) in [7, 11) is 0. The van der Waals surface area contributed by atoms with Crippen molar-refractivity contribution in [2.75, 3.05) is 0 Å². The van der Waals surface area contributed by atoms with Gasteiger partial charge in [-0.3, -0.25) is 4.79 Å². The van der Waals surface area contributed by atoms with Gasteiger partial charge in [0.2, 0.25) is 0 Å². The number of carbonyl (C=O) groups excluding carboxylic acids is 1. The van der Waals surface area contributed by atoms with E-state index >= 15 is 0 Å². The maximum Gasteiger partial charge on any atom is 0.263 e. The summed E-state index contributed by atoms with van der Waals surface area (Å²) in [6, 6.07) is 2.72. The van der Waals surface area contributed by atoms with E-state index in [2.05, 4.69) is 10.6 Å². The molecule has 2 aliphatic carbocycles. The van der Waals surface area contributed by atoms with Gasteiger partial charge in [-0.2, -0.15) is 5.26 Å². The van der Waals surface area contributed by atoms with Crippen LogP contribution in [-0.2, 0) is 4.79 Å². The van der Waals surface area contributed by atoms with E-state index in [1.54, 1.807) is 6.20 Å². The minimum Gasteiger partial charge on any atom is -0.387 e. The lowest BCUT2D eigenvalue weighted by molar-refractivity contribution is -0.117. The molecular weight excluding hydrogens is 286 g/mol. The third kappa shape index (κ3) is 7.54. The van der Waals surface area contributed by atoms with E-state index < -0.39 is 0 Å². The van der Waals surface area contributed by atoms with Gasteiger partial charge in [0, 0.05) is 18.3 Å². The Balaban J connectivity index is 1.81. The predicted molar refractivity (Wildman–Crippen MR) is 92.6 cm³/mol. The molecule has 0 unspecified atom stereocenters. The van der Waals surface area contributed by atoms with Crippen molar-refractivity contribution in [3.63, 3.8) is 0 Å². The summed E-state index contributed by atoms with van der Waals surface area (Å²) < 4.78 is 0. The van der Waals surface area contributed by atoms with Crippen LogP contribution in [0.4, 0.5) is 0 Å². The zero-order valence-corrected chi connectivity index (χ0v) is 14.3.